The van der Waals surface area contributed by atoms with Crippen molar-refractivity contribution < 1.29 is 4.79 Å². The number of amides is 1. The molecule has 168 valence electrons. The monoisotopic (exact) mass is 461 g/mol. The van der Waals surface area contributed by atoms with Crippen LogP contribution in [0.25, 0.3) is 16.6 Å². The first-order valence-corrected chi connectivity index (χ1v) is 11.0. The number of aromatic nitrogens is 2. The van der Waals surface area contributed by atoms with E-state index in [1.54, 1.807) is 30.3 Å². The molecule has 0 aliphatic rings. The first-order chi connectivity index (χ1) is 15.8. The summed E-state index contributed by atoms with van der Waals surface area (Å²) in [6.07, 6.45) is 0. The van der Waals surface area contributed by atoms with Gasteiger partial charge >= 0.3 is 5.69 Å². The highest BCUT2D eigenvalue weighted by Crippen LogP contribution is 2.18. The fourth-order valence-corrected chi connectivity index (χ4v) is 4.01. The number of fused-ring (bicyclic) bond motifs is 1. The summed E-state index contributed by atoms with van der Waals surface area (Å²) in [5, 5.41) is 3.60. The maximum atomic E-state index is 13.5. The molecule has 6 nitrogen and oxygen atoms in total. The van der Waals surface area contributed by atoms with E-state index in [-0.39, 0.29) is 18.5 Å². The Labute approximate surface area is 196 Å². The van der Waals surface area contributed by atoms with Crippen molar-refractivity contribution in [3.05, 3.63) is 109 Å². The zero-order valence-corrected chi connectivity index (χ0v) is 19.4. The van der Waals surface area contributed by atoms with Crippen molar-refractivity contribution in [1.29, 1.82) is 0 Å². The van der Waals surface area contributed by atoms with E-state index < -0.39 is 11.2 Å². The number of rotatable bonds is 5. The van der Waals surface area contributed by atoms with Gasteiger partial charge in [-0.1, -0.05) is 48.0 Å². The molecule has 33 heavy (non-hydrogen) atoms. The van der Waals surface area contributed by atoms with Crippen molar-refractivity contribution in [3.8, 4) is 5.69 Å². The van der Waals surface area contributed by atoms with Crippen LogP contribution in [0.15, 0.2) is 76.3 Å². The molecule has 0 bridgehead atoms. The van der Waals surface area contributed by atoms with Crippen molar-refractivity contribution >= 4 is 28.4 Å². The fraction of sp³-hybridized carbons (Fsp3) is 0.192. The zero-order valence-electron chi connectivity index (χ0n) is 18.6. The minimum atomic E-state index is -0.597. The maximum Gasteiger partial charge on any atom is 0.336 e. The molecule has 0 radical (unpaired) electrons. The average Bonchev–Trinajstić information content (AvgIpc) is 2.79. The largest absolute Gasteiger partial charge is 0.348 e. The fourth-order valence-electron chi connectivity index (χ4n) is 3.84. The third-order valence-corrected chi connectivity index (χ3v) is 6.07. The van der Waals surface area contributed by atoms with Gasteiger partial charge in [0.15, 0.2) is 0 Å². The number of carbonyl (C=O) groups is 1. The molecule has 0 aliphatic heterocycles. The normalized spacial score (nSPS) is 12.0. The van der Waals surface area contributed by atoms with Crippen molar-refractivity contribution in [2.75, 3.05) is 0 Å². The Morgan fingerprint density at radius 2 is 1.70 bits per heavy atom. The highest BCUT2D eigenvalue weighted by Gasteiger charge is 2.18. The predicted octanol–water partition coefficient (Wildman–Crippen LogP) is 4.30. The Bertz CT molecular complexity index is 1470. The Kier molecular flexibility index (Phi) is 6.20. The van der Waals surface area contributed by atoms with Crippen molar-refractivity contribution in [3.63, 3.8) is 0 Å². The second-order valence-corrected chi connectivity index (χ2v) is 8.58. The molecule has 0 fully saturated rings. The molecular weight excluding hydrogens is 438 g/mol. The molecule has 7 heteroatoms. The second kappa shape index (κ2) is 9.08. The van der Waals surface area contributed by atoms with Gasteiger partial charge in [0.25, 0.3) is 5.56 Å². The third kappa shape index (κ3) is 4.47. The van der Waals surface area contributed by atoms with E-state index in [4.69, 9.17) is 11.6 Å². The number of halogens is 1. The summed E-state index contributed by atoms with van der Waals surface area (Å²) in [4.78, 5) is 39.7. The second-order valence-electron chi connectivity index (χ2n) is 8.14. The third-order valence-electron chi connectivity index (χ3n) is 5.83. The van der Waals surface area contributed by atoms with Gasteiger partial charge in [0.1, 0.15) is 6.54 Å². The van der Waals surface area contributed by atoms with Crippen LogP contribution in [0.1, 0.15) is 29.7 Å². The average molecular weight is 462 g/mol. The minimum Gasteiger partial charge on any atom is -0.348 e. The molecule has 4 aromatic rings. The number of carbonyl (C=O) groups excluding carboxylic acids is 1. The van der Waals surface area contributed by atoms with Crippen LogP contribution in [0.4, 0.5) is 0 Å². The van der Waals surface area contributed by atoms with Gasteiger partial charge in [-0.25, -0.2) is 9.36 Å². The number of hydrogen-bond acceptors (Lipinski definition) is 3. The topological polar surface area (TPSA) is 73.1 Å². The van der Waals surface area contributed by atoms with Crippen molar-refractivity contribution in [1.82, 2.24) is 14.5 Å². The lowest BCUT2D eigenvalue weighted by atomic mass is 10.1. The lowest BCUT2D eigenvalue weighted by Gasteiger charge is -2.17. The van der Waals surface area contributed by atoms with Gasteiger partial charge in [-0.3, -0.25) is 14.2 Å². The Balaban J connectivity index is 1.82. The van der Waals surface area contributed by atoms with Crippen LogP contribution < -0.4 is 16.6 Å². The molecular formula is C26H24ClN3O3. The van der Waals surface area contributed by atoms with E-state index >= 15 is 0 Å². The summed E-state index contributed by atoms with van der Waals surface area (Å²) < 4.78 is 2.40. The van der Waals surface area contributed by atoms with Gasteiger partial charge < -0.3 is 5.32 Å². The molecule has 1 amide bonds. The van der Waals surface area contributed by atoms with Gasteiger partial charge in [0, 0.05) is 5.02 Å². The summed E-state index contributed by atoms with van der Waals surface area (Å²) in [7, 11) is 0. The van der Waals surface area contributed by atoms with Gasteiger partial charge in [-0.05, 0) is 67.8 Å². The Morgan fingerprint density at radius 1 is 0.970 bits per heavy atom. The van der Waals surface area contributed by atoms with Gasteiger partial charge in [-0.2, -0.15) is 0 Å². The van der Waals surface area contributed by atoms with Crippen LogP contribution in [0.5, 0.6) is 0 Å². The molecule has 1 aromatic heterocycles. The lowest BCUT2D eigenvalue weighted by molar-refractivity contribution is -0.122. The zero-order chi connectivity index (χ0) is 23.7. The van der Waals surface area contributed by atoms with Crippen molar-refractivity contribution in [2.24, 2.45) is 0 Å². The number of aryl methyl sites for hydroxylation is 2. The Morgan fingerprint density at radius 3 is 2.39 bits per heavy atom. The number of nitrogens with zero attached hydrogens (tertiary/aromatic N) is 2. The van der Waals surface area contributed by atoms with Gasteiger partial charge in [0.2, 0.25) is 5.91 Å². The first-order valence-electron chi connectivity index (χ1n) is 10.6. The van der Waals surface area contributed by atoms with Crippen LogP contribution in [0.3, 0.4) is 0 Å². The molecule has 0 spiro atoms. The van der Waals surface area contributed by atoms with Crippen LogP contribution in [0.2, 0.25) is 5.02 Å². The lowest BCUT2D eigenvalue weighted by Crippen LogP contribution is -2.42. The summed E-state index contributed by atoms with van der Waals surface area (Å²) >= 11 is 6.17. The van der Waals surface area contributed by atoms with E-state index in [2.05, 4.69) is 5.32 Å². The van der Waals surface area contributed by atoms with E-state index in [1.807, 2.05) is 57.2 Å². The molecule has 1 N–H and O–H groups in total. The quantitative estimate of drug-likeness (QED) is 0.481. The van der Waals surface area contributed by atoms with E-state index in [0.717, 1.165) is 21.3 Å². The SMILES string of the molecule is Cc1ccc(-n2c(=O)c3ccc(Cl)cc3n(CC(=O)N[C@@H](C)c3ccccc3)c2=O)cc1C. The number of hydrogen-bond donors (Lipinski definition) is 1. The molecule has 0 unspecified atom stereocenters. The first kappa shape index (κ1) is 22.6. The van der Waals surface area contributed by atoms with Gasteiger partial charge in [0.05, 0.1) is 22.6 Å². The van der Waals surface area contributed by atoms with Gasteiger partial charge in [-0.15, -0.1) is 0 Å². The van der Waals surface area contributed by atoms with E-state index in [9.17, 15) is 14.4 Å². The standard InChI is InChI=1S/C26H24ClN3O3/c1-16-9-11-21(13-17(16)2)30-25(32)22-12-10-20(27)14-23(22)29(26(30)33)15-24(31)28-18(3)19-7-5-4-6-8-19/h4-14,18H,15H2,1-3H3,(H,28,31)/t18-/m0/s1. The molecule has 0 saturated heterocycles. The highest BCUT2D eigenvalue weighted by atomic mass is 35.5. The molecule has 4 rings (SSSR count). The summed E-state index contributed by atoms with van der Waals surface area (Å²) in [6.45, 7) is 5.50. The molecule has 1 heterocycles. The van der Waals surface area contributed by atoms with Crippen LogP contribution in [-0.2, 0) is 11.3 Å². The molecule has 3 aromatic carbocycles. The summed E-state index contributed by atoms with van der Waals surface area (Å²) in [5.41, 5.74) is 2.68. The molecule has 0 aliphatic carbocycles. The minimum absolute atomic E-state index is 0.241. The van der Waals surface area contributed by atoms with Crippen LogP contribution in [0, 0.1) is 13.8 Å². The van der Waals surface area contributed by atoms with Crippen LogP contribution in [-0.4, -0.2) is 15.0 Å². The summed E-state index contributed by atoms with van der Waals surface area (Å²) in [6, 6.07) is 19.4. The Hall–Kier alpha value is -3.64. The smallest absolute Gasteiger partial charge is 0.336 e. The number of nitrogens with one attached hydrogen (secondary N) is 1. The maximum absolute atomic E-state index is 13.5. The van der Waals surface area contributed by atoms with Crippen molar-refractivity contribution in [2.45, 2.75) is 33.4 Å². The predicted molar refractivity (Wildman–Crippen MR) is 131 cm³/mol. The highest BCUT2D eigenvalue weighted by molar-refractivity contribution is 6.31. The summed E-state index contributed by atoms with van der Waals surface area (Å²) in [5.74, 6) is -0.347. The van der Waals surface area contributed by atoms with E-state index in [1.165, 1.54) is 4.57 Å². The van der Waals surface area contributed by atoms with E-state index in [0.29, 0.717) is 21.6 Å². The van der Waals surface area contributed by atoms with Crippen LogP contribution >= 0.6 is 11.6 Å². The molecule has 1 atom stereocenters. The molecule has 0 saturated carbocycles. The number of benzene rings is 3.